The molecule has 0 saturated heterocycles. The van der Waals surface area contributed by atoms with E-state index in [9.17, 15) is 5.11 Å². The Balaban J connectivity index is 1.58. The Kier molecular flexibility index (Phi) is 9.28. The summed E-state index contributed by atoms with van der Waals surface area (Å²) in [7, 11) is 0. The zero-order chi connectivity index (χ0) is 24.3. The van der Waals surface area contributed by atoms with E-state index < -0.39 is 6.10 Å². The second-order valence-corrected chi connectivity index (χ2v) is 9.73. The van der Waals surface area contributed by atoms with Crippen molar-refractivity contribution in [3.63, 3.8) is 0 Å². The van der Waals surface area contributed by atoms with Crippen LogP contribution in [0.25, 0.3) is 0 Å². The van der Waals surface area contributed by atoms with Crippen LogP contribution in [0.1, 0.15) is 35.6 Å². The van der Waals surface area contributed by atoms with Gasteiger partial charge in [-0.05, 0) is 47.4 Å². The lowest BCUT2D eigenvalue weighted by molar-refractivity contribution is 0.0255. The van der Waals surface area contributed by atoms with Crippen LogP contribution in [0.15, 0.2) is 121 Å². The molecule has 0 bridgehead atoms. The summed E-state index contributed by atoms with van der Waals surface area (Å²) < 4.78 is 0. The summed E-state index contributed by atoms with van der Waals surface area (Å²) in [6, 6.07) is 42.5. The molecule has 0 fully saturated rings. The molecule has 0 spiro atoms. The summed E-state index contributed by atoms with van der Waals surface area (Å²) >= 11 is 0. The molecule has 2 heteroatoms. The predicted molar refractivity (Wildman–Crippen MR) is 146 cm³/mol. The van der Waals surface area contributed by atoms with Gasteiger partial charge < -0.3 is 5.11 Å². The van der Waals surface area contributed by atoms with Gasteiger partial charge in [0.15, 0.2) is 0 Å². The molecule has 0 radical (unpaired) electrons. The Morgan fingerprint density at radius 3 is 1.34 bits per heavy atom. The second-order valence-electron chi connectivity index (χ2n) is 9.73. The molecule has 35 heavy (non-hydrogen) atoms. The molecule has 0 heterocycles. The third kappa shape index (κ3) is 7.92. The number of aliphatic hydroxyl groups excluding tert-OH is 1. The highest BCUT2D eigenvalue weighted by Gasteiger charge is 2.28. The molecule has 0 saturated carbocycles. The van der Waals surface area contributed by atoms with Crippen molar-refractivity contribution < 1.29 is 5.11 Å². The van der Waals surface area contributed by atoms with Gasteiger partial charge in [-0.2, -0.15) is 0 Å². The van der Waals surface area contributed by atoms with Gasteiger partial charge in [0, 0.05) is 19.1 Å². The summed E-state index contributed by atoms with van der Waals surface area (Å²) in [6.45, 7) is 3.86. The van der Waals surface area contributed by atoms with Crippen LogP contribution < -0.4 is 0 Å². The molecule has 180 valence electrons. The zero-order valence-electron chi connectivity index (χ0n) is 20.7. The highest BCUT2D eigenvalue weighted by atomic mass is 16.3. The van der Waals surface area contributed by atoms with E-state index in [1.165, 1.54) is 22.3 Å². The van der Waals surface area contributed by atoms with Crippen molar-refractivity contribution in [2.75, 3.05) is 0 Å². The largest absolute Gasteiger partial charge is 0.391 e. The number of benzene rings is 4. The SMILES string of the molecule is C[C@@H](Cc1ccccc1)C[C@H](O)[C@@H](Cc1ccccc1)N(Cc1ccccc1)Cc1ccccc1. The van der Waals surface area contributed by atoms with Gasteiger partial charge in [-0.15, -0.1) is 0 Å². The maximum Gasteiger partial charge on any atom is 0.0701 e. The van der Waals surface area contributed by atoms with Crippen LogP contribution in [-0.4, -0.2) is 22.2 Å². The molecular formula is C33H37NO. The van der Waals surface area contributed by atoms with Gasteiger partial charge in [0.1, 0.15) is 0 Å². The van der Waals surface area contributed by atoms with Crippen LogP contribution in [0, 0.1) is 5.92 Å². The standard InChI is InChI=1S/C33H37NO/c1-27(22-28-14-6-2-7-15-28)23-33(35)32(24-29-16-8-3-9-17-29)34(25-30-18-10-4-11-19-30)26-31-20-12-5-13-21-31/h2-21,27,32-33,35H,22-26H2,1H3/t27-,32+,33-/m0/s1. The van der Waals surface area contributed by atoms with E-state index in [1.54, 1.807) is 0 Å². The van der Waals surface area contributed by atoms with Gasteiger partial charge in [0.05, 0.1) is 6.10 Å². The molecule has 4 rings (SSSR count). The fourth-order valence-corrected chi connectivity index (χ4v) is 4.96. The van der Waals surface area contributed by atoms with E-state index in [0.29, 0.717) is 5.92 Å². The minimum atomic E-state index is -0.429. The molecule has 1 N–H and O–H groups in total. The maximum atomic E-state index is 11.7. The molecule has 3 atom stereocenters. The quantitative estimate of drug-likeness (QED) is 0.246. The Morgan fingerprint density at radius 1 is 0.543 bits per heavy atom. The highest BCUT2D eigenvalue weighted by molar-refractivity contribution is 5.20. The summed E-state index contributed by atoms with van der Waals surface area (Å²) in [5.41, 5.74) is 5.13. The second kappa shape index (κ2) is 13.0. The molecule has 2 nitrogen and oxygen atoms in total. The number of nitrogens with zero attached hydrogens (tertiary/aromatic N) is 1. The van der Waals surface area contributed by atoms with Gasteiger partial charge in [-0.25, -0.2) is 0 Å². The minimum absolute atomic E-state index is 0.0102. The minimum Gasteiger partial charge on any atom is -0.391 e. The first-order valence-electron chi connectivity index (χ1n) is 12.7. The average molecular weight is 464 g/mol. The zero-order valence-corrected chi connectivity index (χ0v) is 20.7. The first-order chi connectivity index (χ1) is 17.2. The third-order valence-electron chi connectivity index (χ3n) is 6.73. The van der Waals surface area contributed by atoms with Gasteiger partial charge in [0.25, 0.3) is 0 Å². The van der Waals surface area contributed by atoms with E-state index in [4.69, 9.17) is 0 Å². The first kappa shape index (κ1) is 24.9. The summed E-state index contributed by atoms with van der Waals surface area (Å²) in [5.74, 6) is 0.390. The third-order valence-corrected chi connectivity index (χ3v) is 6.73. The van der Waals surface area contributed by atoms with Gasteiger partial charge in [-0.1, -0.05) is 128 Å². The van der Waals surface area contributed by atoms with Crippen LogP contribution in [0.2, 0.25) is 0 Å². The van der Waals surface area contributed by atoms with E-state index >= 15 is 0 Å². The molecule has 0 aliphatic rings. The number of rotatable bonds is 12. The van der Waals surface area contributed by atoms with Gasteiger partial charge >= 0.3 is 0 Å². The number of hydrogen-bond acceptors (Lipinski definition) is 2. The lowest BCUT2D eigenvalue weighted by atomic mass is 9.89. The van der Waals surface area contributed by atoms with Crippen molar-refractivity contribution in [3.8, 4) is 0 Å². The Hall–Kier alpha value is -3.20. The normalized spacial score (nSPS) is 13.9. The number of hydrogen-bond donors (Lipinski definition) is 1. The van der Waals surface area contributed by atoms with Crippen molar-refractivity contribution >= 4 is 0 Å². The van der Waals surface area contributed by atoms with E-state index in [1.807, 2.05) is 0 Å². The van der Waals surface area contributed by atoms with Crippen LogP contribution in [0.5, 0.6) is 0 Å². The fraction of sp³-hybridized carbons (Fsp3) is 0.273. The molecule has 4 aromatic carbocycles. The predicted octanol–water partition coefficient (Wildman–Crippen LogP) is 6.93. The van der Waals surface area contributed by atoms with E-state index in [-0.39, 0.29) is 6.04 Å². The maximum absolute atomic E-state index is 11.7. The van der Waals surface area contributed by atoms with Crippen molar-refractivity contribution in [2.24, 2.45) is 5.92 Å². The van der Waals surface area contributed by atoms with Crippen molar-refractivity contribution in [3.05, 3.63) is 144 Å². The topological polar surface area (TPSA) is 23.5 Å². The Labute approximate surface area is 210 Å². The Morgan fingerprint density at radius 2 is 0.914 bits per heavy atom. The van der Waals surface area contributed by atoms with Crippen molar-refractivity contribution in [2.45, 2.75) is 51.4 Å². The molecular weight excluding hydrogens is 426 g/mol. The van der Waals surface area contributed by atoms with Gasteiger partial charge in [-0.3, -0.25) is 4.90 Å². The summed E-state index contributed by atoms with van der Waals surface area (Å²) in [5, 5.41) is 11.7. The van der Waals surface area contributed by atoms with Crippen molar-refractivity contribution in [1.82, 2.24) is 4.90 Å². The van der Waals surface area contributed by atoms with Crippen LogP contribution in [0.4, 0.5) is 0 Å². The van der Waals surface area contributed by atoms with Crippen LogP contribution in [-0.2, 0) is 25.9 Å². The number of aliphatic hydroxyl groups is 1. The molecule has 0 aliphatic carbocycles. The molecule has 0 aromatic heterocycles. The average Bonchev–Trinajstić information content (AvgIpc) is 2.89. The monoisotopic (exact) mass is 463 g/mol. The first-order valence-corrected chi connectivity index (χ1v) is 12.7. The molecule has 0 unspecified atom stereocenters. The lowest BCUT2D eigenvalue weighted by Crippen LogP contribution is -2.45. The Bertz CT molecular complexity index is 1060. The van der Waals surface area contributed by atoms with Crippen LogP contribution in [0.3, 0.4) is 0 Å². The van der Waals surface area contributed by atoms with E-state index in [0.717, 1.165) is 32.4 Å². The summed E-state index contributed by atoms with van der Waals surface area (Å²) in [4.78, 5) is 2.47. The fourth-order valence-electron chi connectivity index (χ4n) is 4.96. The molecule has 0 amide bonds. The van der Waals surface area contributed by atoms with Gasteiger partial charge in [0.2, 0.25) is 0 Å². The lowest BCUT2D eigenvalue weighted by Gasteiger charge is -2.36. The van der Waals surface area contributed by atoms with E-state index in [2.05, 4.69) is 133 Å². The summed E-state index contributed by atoms with van der Waals surface area (Å²) in [6.07, 6.45) is 2.14. The van der Waals surface area contributed by atoms with Crippen molar-refractivity contribution in [1.29, 1.82) is 0 Å². The molecule has 0 aliphatic heterocycles. The molecule has 4 aromatic rings. The van der Waals surface area contributed by atoms with Crippen LogP contribution >= 0.6 is 0 Å². The highest BCUT2D eigenvalue weighted by Crippen LogP contribution is 2.24. The smallest absolute Gasteiger partial charge is 0.0701 e.